The second-order valence-electron chi connectivity index (χ2n) is 5.76. The number of hydrogen-bond acceptors (Lipinski definition) is 4. The van der Waals surface area contributed by atoms with Gasteiger partial charge in [0.25, 0.3) is 0 Å². The molecule has 4 rings (SSSR count). The van der Waals surface area contributed by atoms with Crippen molar-refractivity contribution in [3.05, 3.63) is 65.5 Å². The number of halogens is 2. The van der Waals surface area contributed by atoms with E-state index < -0.39 is 11.6 Å². The predicted octanol–water partition coefficient (Wildman–Crippen LogP) is 2.89. The zero-order valence-electron chi connectivity index (χ0n) is 12.9. The van der Waals surface area contributed by atoms with E-state index >= 15 is 0 Å². The smallest absolute Gasteiger partial charge is 0.175 e. The fourth-order valence-electron chi connectivity index (χ4n) is 3.14. The van der Waals surface area contributed by atoms with Gasteiger partial charge in [-0.1, -0.05) is 18.2 Å². The second kappa shape index (κ2) is 5.99. The number of hydrogen-bond donors (Lipinski definition) is 0. The zero-order chi connectivity index (χ0) is 16.5. The molecule has 0 aliphatic carbocycles. The quantitative estimate of drug-likeness (QED) is 0.742. The lowest BCUT2D eigenvalue weighted by molar-refractivity contribution is 0.558. The van der Waals surface area contributed by atoms with E-state index in [0.29, 0.717) is 36.6 Å². The first-order valence-corrected chi connectivity index (χ1v) is 7.78. The molecule has 5 nitrogen and oxygen atoms in total. The second-order valence-corrected chi connectivity index (χ2v) is 5.76. The Kier molecular flexibility index (Phi) is 3.68. The van der Waals surface area contributed by atoms with Crippen molar-refractivity contribution in [1.82, 2.24) is 20.2 Å². The van der Waals surface area contributed by atoms with Crippen molar-refractivity contribution >= 4 is 5.69 Å². The maximum absolute atomic E-state index is 14.3. The molecule has 0 saturated heterocycles. The summed E-state index contributed by atoms with van der Waals surface area (Å²) < 4.78 is 29.4. The van der Waals surface area contributed by atoms with Gasteiger partial charge >= 0.3 is 0 Å². The Hall–Kier alpha value is -2.83. The Balaban J connectivity index is 1.68. The van der Waals surface area contributed by atoms with Gasteiger partial charge in [0.1, 0.15) is 11.6 Å². The van der Waals surface area contributed by atoms with Crippen LogP contribution in [-0.4, -0.2) is 26.8 Å². The summed E-state index contributed by atoms with van der Waals surface area (Å²) in [6, 6.07) is 11.9. The summed E-state index contributed by atoms with van der Waals surface area (Å²) >= 11 is 0. The van der Waals surface area contributed by atoms with Crippen LogP contribution in [0.3, 0.4) is 0 Å². The Labute approximate surface area is 137 Å². The lowest BCUT2D eigenvalue weighted by Crippen LogP contribution is -2.31. The summed E-state index contributed by atoms with van der Waals surface area (Å²) in [6.07, 6.45) is 1.51. The molecule has 0 saturated carbocycles. The van der Waals surface area contributed by atoms with Gasteiger partial charge in [0.05, 0.1) is 17.9 Å². The molecular formula is C17H15F2N5. The number of fused-ring (bicyclic) bond motifs is 1. The van der Waals surface area contributed by atoms with E-state index in [0.717, 1.165) is 18.2 Å². The summed E-state index contributed by atoms with van der Waals surface area (Å²) in [5, 5.41) is 11.8. The molecule has 2 aromatic carbocycles. The molecule has 1 aromatic heterocycles. The summed E-state index contributed by atoms with van der Waals surface area (Å²) in [7, 11) is 0. The molecule has 0 amide bonds. The molecule has 0 spiro atoms. The van der Waals surface area contributed by atoms with E-state index in [1.165, 1.54) is 6.07 Å². The van der Waals surface area contributed by atoms with Crippen molar-refractivity contribution in [2.24, 2.45) is 0 Å². The molecule has 0 radical (unpaired) electrons. The van der Waals surface area contributed by atoms with Crippen LogP contribution < -0.4 is 4.90 Å². The number of nitrogens with zero attached hydrogens (tertiary/aromatic N) is 5. The number of benzene rings is 2. The molecule has 0 bridgehead atoms. The zero-order valence-corrected chi connectivity index (χ0v) is 12.9. The largest absolute Gasteiger partial charge is 0.361 e. The highest BCUT2D eigenvalue weighted by Crippen LogP contribution is 2.32. The van der Waals surface area contributed by atoms with Crippen LogP contribution in [-0.2, 0) is 13.0 Å². The van der Waals surface area contributed by atoms with Crippen LogP contribution in [0, 0.1) is 11.6 Å². The van der Waals surface area contributed by atoms with Crippen molar-refractivity contribution in [1.29, 1.82) is 0 Å². The Bertz CT molecular complexity index is 863. The van der Waals surface area contributed by atoms with Crippen molar-refractivity contribution < 1.29 is 8.78 Å². The predicted molar refractivity (Wildman–Crippen MR) is 84.9 cm³/mol. The van der Waals surface area contributed by atoms with E-state index in [2.05, 4.69) is 15.5 Å². The van der Waals surface area contributed by atoms with Gasteiger partial charge in [-0.15, -0.1) is 5.10 Å². The lowest BCUT2D eigenvalue weighted by atomic mass is 10.0. The first kappa shape index (κ1) is 14.7. The van der Waals surface area contributed by atoms with Crippen LogP contribution in [0.25, 0.3) is 5.69 Å². The maximum Gasteiger partial charge on any atom is 0.175 e. The topological polar surface area (TPSA) is 46.8 Å². The third kappa shape index (κ3) is 2.62. The minimum Gasteiger partial charge on any atom is -0.361 e. The van der Waals surface area contributed by atoms with Gasteiger partial charge in [-0.05, 0) is 47.0 Å². The van der Waals surface area contributed by atoms with Gasteiger partial charge < -0.3 is 4.90 Å². The minimum atomic E-state index is -0.540. The molecule has 3 aromatic rings. The van der Waals surface area contributed by atoms with Gasteiger partial charge in [0, 0.05) is 12.6 Å². The molecule has 0 fully saturated rings. The van der Waals surface area contributed by atoms with Crippen LogP contribution >= 0.6 is 0 Å². The number of aromatic nitrogens is 4. The molecular weight excluding hydrogens is 312 g/mol. The van der Waals surface area contributed by atoms with Crippen LogP contribution in [0.1, 0.15) is 17.8 Å². The van der Waals surface area contributed by atoms with E-state index in [-0.39, 0.29) is 0 Å². The fraction of sp³-hybridized carbons (Fsp3) is 0.235. The Morgan fingerprint density at radius 2 is 1.92 bits per heavy atom. The standard InChI is InChI=1S/C17H15F2N5/c18-13-9-12-5-4-8-23(17(12)15(19)10-13)11-16-20-21-22-24(16)14-6-2-1-3-7-14/h1-3,6-7,9-10H,4-5,8,11H2. The maximum atomic E-state index is 14.3. The van der Waals surface area contributed by atoms with E-state index in [1.54, 1.807) is 4.68 Å². The average molecular weight is 327 g/mol. The molecule has 24 heavy (non-hydrogen) atoms. The first-order chi connectivity index (χ1) is 11.7. The van der Waals surface area contributed by atoms with Gasteiger partial charge in [-0.2, -0.15) is 4.68 Å². The molecule has 0 unspecified atom stereocenters. The lowest BCUT2D eigenvalue weighted by Gasteiger charge is -2.31. The first-order valence-electron chi connectivity index (χ1n) is 7.78. The average Bonchev–Trinajstić information content (AvgIpc) is 3.03. The molecule has 7 heteroatoms. The highest BCUT2D eigenvalue weighted by atomic mass is 19.1. The van der Waals surface area contributed by atoms with Gasteiger partial charge in [-0.25, -0.2) is 8.78 Å². The summed E-state index contributed by atoms with van der Waals surface area (Å²) in [5.41, 5.74) is 1.98. The van der Waals surface area contributed by atoms with Crippen molar-refractivity contribution in [3.8, 4) is 5.69 Å². The van der Waals surface area contributed by atoms with Gasteiger partial charge in [-0.3, -0.25) is 0 Å². The van der Waals surface area contributed by atoms with E-state index in [9.17, 15) is 8.78 Å². The number of rotatable bonds is 3. The third-order valence-corrected chi connectivity index (χ3v) is 4.16. The highest BCUT2D eigenvalue weighted by Gasteiger charge is 2.24. The number of para-hydroxylation sites is 1. The molecule has 122 valence electrons. The van der Waals surface area contributed by atoms with Crippen molar-refractivity contribution in [2.75, 3.05) is 11.4 Å². The van der Waals surface area contributed by atoms with Gasteiger partial charge in [0.15, 0.2) is 5.82 Å². The van der Waals surface area contributed by atoms with Gasteiger partial charge in [0.2, 0.25) is 0 Å². The summed E-state index contributed by atoms with van der Waals surface area (Å²) in [4.78, 5) is 1.87. The van der Waals surface area contributed by atoms with Crippen molar-refractivity contribution in [3.63, 3.8) is 0 Å². The summed E-state index contributed by atoms with van der Waals surface area (Å²) in [5.74, 6) is -0.469. The SMILES string of the molecule is Fc1cc(F)c2c(c1)CCCN2Cc1nnnn1-c1ccccc1. The van der Waals surface area contributed by atoms with E-state index in [4.69, 9.17) is 0 Å². The normalized spacial score (nSPS) is 13.8. The third-order valence-electron chi connectivity index (χ3n) is 4.16. The molecule has 1 aliphatic heterocycles. The number of aryl methyl sites for hydroxylation is 1. The van der Waals surface area contributed by atoms with Crippen LogP contribution in [0.15, 0.2) is 42.5 Å². The molecule has 1 aliphatic rings. The minimum absolute atomic E-state index is 0.359. The highest BCUT2D eigenvalue weighted by molar-refractivity contribution is 5.57. The summed E-state index contributed by atoms with van der Waals surface area (Å²) in [6.45, 7) is 1.04. The molecule has 0 atom stereocenters. The van der Waals surface area contributed by atoms with Crippen LogP contribution in [0.5, 0.6) is 0 Å². The fourth-order valence-corrected chi connectivity index (χ4v) is 3.14. The monoisotopic (exact) mass is 327 g/mol. The number of tetrazole rings is 1. The van der Waals surface area contributed by atoms with Crippen LogP contribution in [0.2, 0.25) is 0 Å². The Morgan fingerprint density at radius 3 is 2.75 bits per heavy atom. The van der Waals surface area contributed by atoms with Crippen molar-refractivity contribution in [2.45, 2.75) is 19.4 Å². The van der Waals surface area contributed by atoms with Crippen LogP contribution in [0.4, 0.5) is 14.5 Å². The Morgan fingerprint density at radius 1 is 1.08 bits per heavy atom. The number of anilines is 1. The molecule has 2 heterocycles. The molecule has 0 N–H and O–H groups in total. The van der Waals surface area contributed by atoms with E-state index in [1.807, 2.05) is 35.2 Å².